The summed E-state index contributed by atoms with van der Waals surface area (Å²) >= 11 is 0. The summed E-state index contributed by atoms with van der Waals surface area (Å²) in [6, 6.07) is 16.3. The van der Waals surface area contributed by atoms with Gasteiger partial charge in [0, 0.05) is 12.6 Å². The molecule has 0 bridgehead atoms. The summed E-state index contributed by atoms with van der Waals surface area (Å²) in [7, 11) is 1.63. The van der Waals surface area contributed by atoms with Crippen molar-refractivity contribution in [2.45, 2.75) is 19.3 Å². The number of hydrogen-bond donors (Lipinski definition) is 1. The first-order valence-electron chi connectivity index (χ1n) is 6.59. The number of ether oxygens (including phenoxy) is 1. The molecule has 1 aromatic heterocycles. The Labute approximate surface area is 114 Å². The van der Waals surface area contributed by atoms with Crippen molar-refractivity contribution in [3.8, 4) is 5.88 Å². The molecule has 3 nitrogen and oxygen atoms in total. The van der Waals surface area contributed by atoms with E-state index in [1.54, 1.807) is 7.11 Å². The summed E-state index contributed by atoms with van der Waals surface area (Å²) in [5, 5.41) is 3.33. The van der Waals surface area contributed by atoms with E-state index in [0.717, 1.165) is 18.8 Å². The lowest BCUT2D eigenvalue weighted by molar-refractivity contribution is 0.398. The minimum absolute atomic E-state index is 0.541. The smallest absolute Gasteiger partial charge is 0.214 e. The van der Waals surface area contributed by atoms with Crippen LogP contribution in [0.15, 0.2) is 48.5 Å². The highest BCUT2D eigenvalue weighted by atomic mass is 16.5. The van der Waals surface area contributed by atoms with Gasteiger partial charge in [-0.15, -0.1) is 0 Å². The van der Waals surface area contributed by atoms with Gasteiger partial charge in [-0.3, -0.25) is 0 Å². The Bertz CT molecular complexity index is 499. The topological polar surface area (TPSA) is 34.1 Å². The second-order valence-corrected chi connectivity index (χ2v) is 4.59. The Morgan fingerprint density at radius 3 is 2.63 bits per heavy atom. The van der Waals surface area contributed by atoms with E-state index < -0.39 is 0 Å². The van der Waals surface area contributed by atoms with Gasteiger partial charge in [0.2, 0.25) is 5.88 Å². The zero-order valence-corrected chi connectivity index (χ0v) is 11.5. The lowest BCUT2D eigenvalue weighted by Crippen LogP contribution is -2.07. The molecular weight excluding hydrogens is 236 g/mol. The number of aromatic nitrogens is 1. The molecule has 0 aliphatic carbocycles. The normalized spacial score (nSPS) is 11.9. The van der Waals surface area contributed by atoms with Crippen LogP contribution in [0.5, 0.6) is 5.88 Å². The Morgan fingerprint density at radius 2 is 1.89 bits per heavy atom. The third-order valence-corrected chi connectivity index (χ3v) is 3.18. The van der Waals surface area contributed by atoms with Crippen molar-refractivity contribution >= 4 is 5.82 Å². The van der Waals surface area contributed by atoms with Crippen LogP contribution < -0.4 is 10.1 Å². The van der Waals surface area contributed by atoms with E-state index in [4.69, 9.17) is 4.74 Å². The van der Waals surface area contributed by atoms with Gasteiger partial charge in [-0.1, -0.05) is 43.3 Å². The number of benzene rings is 1. The summed E-state index contributed by atoms with van der Waals surface area (Å²) in [6.45, 7) is 3.15. The van der Waals surface area contributed by atoms with Gasteiger partial charge in [-0.05, 0) is 24.0 Å². The molecule has 0 amide bonds. The molecule has 0 aliphatic rings. The van der Waals surface area contributed by atoms with Gasteiger partial charge in [0.1, 0.15) is 5.82 Å². The molecule has 0 aliphatic heterocycles. The third kappa shape index (κ3) is 3.98. The molecule has 2 rings (SSSR count). The number of anilines is 1. The molecule has 100 valence electrons. The maximum absolute atomic E-state index is 5.10. The van der Waals surface area contributed by atoms with Crippen LogP contribution in [0.25, 0.3) is 0 Å². The third-order valence-electron chi connectivity index (χ3n) is 3.18. The van der Waals surface area contributed by atoms with E-state index in [9.17, 15) is 0 Å². The first-order chi connectivity index (χ1) is 9.29. The van der Waals surface area contributed by atoms with E-state index in [1.807, 2.05) is 18.2 Å². The second kappa shape index (κ2) is 6.78. The van der Waals surface area contributed by atoms with E-state index in [0.29, 0.717) is 11.8 Å². The van der Waals surface area contributed by atoms with Gasteiger partial charge in [-0.2, -0.15) is 4.98 Å². The van der Waals surface area contributed by atoms with E-state index in [1.165, 1.54) is 5.56 Å². The number of nitrogens with one attached hydrogen (secondary N) is 1. The highest BCUT2D eigenvalue weighted by Gasteiger charge is 2.04. The van der Waals surface area contributed by atoms with E-state index in [-0.39, 0.29) is 0 Å². The van der Waals surface area contributed by atoms with Crippen molar-refractivity contribution in [2.24, 2.45) is 0 Å². The van der Waals surface area contributed by atoms with Crippen molar-refractivity contribution in [2.75, 3.05) is 19.0 Å². The second-order valence-electron chi connectivity index (χ2n) is 4.59. The Balaban J connectivity index is 1.83. The summed E-state index contributed by atoms with van der Waals surface area (Å²) in [5.41, 5.74) is 1.38. The molecular formula is C16H20N2O. The monoisotopic (exact) mass is 256 g/mol. The summed E-state index contributed by atoms with van der Waals surface area (Å²) < 4.78 is 5.10. The summed E-state index contributed by atoms with van der Waals surface area (Å²) in [5.74, 6) is 2.04. The highest BCUT2D eigenvalue weighted by molar-refractivity contribution is 5.37. The van der Waals surface area contributed by atoms with Crippen LogP contribution >= 0.6 is 0 Å². The molecule has 0 spiro atoms. The maximum Gasteiger partial charge on any atom is 0.214 e. The predicted octanol–water partition coefficient (Wildman–Crippen LogP) is 3.70. The minimum Gasteiger partial charge on any atom is -0.481 e. The van der Waals surface area contributed by atoms with Gasteiger partial charge in [0.15, 0.2) is 0 Å². The van der Waals surface area contributed by atoms with Crippen molar-refractivity contribution < 1.29 is 4.74 Å². The van der Waals surface area contributed by atoms with E-state index in [2.05, 4.69) is 47.6 Å². The Hall–Kier alpha value is -2.03. The fourth-order valence-electron chi connectivity index (χ4n) is 1.99. The summed E-state index contributed by atoms with van der Waals surface area (Å²) in [6.07, 6.45) is 1.07. The molecule has 2 aromatic rings. The zero-order valence-electron chi connectivity index (χ0n) is 11.5. The number of pyridine rings is 1. The van der Waals surface area contributed by atoms with Crippen LogP contribution in [-0.4, -0.2) is 18.6 Å². The van der Waals surface area contributed by atoms with E-state index >= 15 is 0 Å². The molecule has 0 saturated carbocycles. The van der Waals surface area contributed by atoms with Crippen LogP contribution in [0.3, 0.4) is 0 Å². The van der Waals surface area contributed by atoms with Gasteiger partial charge in [0.05, 0.1) is 7.11 Å². The highest BCUT2D eigenvalue weighted by Crippen LogP contribution is 2.18. The average molecular weight is 256 g/mol. The van der Waals surface area contributed by atoms with Crippen molar-refractivity contribution in [3.05, 3.63) is 54.1 Å². The molecule has 0 radical (unpaired) electrons. The molecule has 19 heavy (non-hydrogen) atoms. The van der Waals surface area contributed by atoms with Gasteiger partial charge >= 0.3 is 0 Å². The quantitative estimate of drug-likeness (QED) is 0.855. The lowest BCUT2D eigenvalue weighted by atomic mass is 9.98. The first kappa shape index (κ1) is 13.4. The molecule has 3 heteroatoms. The van der Waals surface area contributed by atoms with Crippen molar-refractivity contribution in [1.82, 2.24) is 4.98 Å². The molecule has 1 atom stereocenters. The number of methoxy groups -OCH3 is 1. The van der Waals surface area contributed by atoms with Gasteiger partial charge in [-0.25, -0.2) is 0 Å². The zero-order chi connectivity index (χ0) is 13.5. The van der Waals surface area contributed by atoms with Crippen molar-refractivity contribution in [1.29, 1.82) is 0 Å². The molecule has 0 saturated heterocycles. The van der Waals surface area contributed by atoms with Gasteiger partial charge in [0.25, 0.3) is 0 Å². The van der Waals surface area contributed by atoms with Crippen LogP contribution in [-0.2, 0) is 0 Å². The van der Waals surface area contributed by atoms with Crippen LogP contribution in [0, 0.1) is 0 Å². The van der Waals surface area contributed by atoms with Crippen LogP contribution in [0.2, 0.25) is 0 Å². The summed E-state index contributed by atoms with van der Waals surface area (Å²) in [4.78, 5) is 4.33. The van der Waals surface area contributed by atoms with Crippen LogP contribution in [0.1, 0.15) is 24.8 Å². The largest absolute Gasteiger partial charge is 0.481 e. The molecule has 0 fully saturated rings. The average Bonchev–Trinajstić information content (AvgIpc) is 2.48. The maximum atomic E-state index is 5.10. The lowest BCUT2D eigenvalue weighted by Gasteiger charge is -2.13. The number of rotatable bonds is 6. The molecule has 1 aromatic carbocycles. The van der Waals surface area contributed by atoms with Crippen LogP contribution in [0.4, 0.5) is 5.82 Å². The van der Waals surface area contributed by atoms with Crippen molar-refractivity contribution in [3.63, 3.8) is 0 Å². The molecule has 1 unspecified atom stereocenters. The molecule has 1 N–H and O–H groups in total. The Kier molecular flexibility index (Phi) is 4.78. The van der Waals surface area contributed by atoms with Gasteiger partial charge < -0.3 is 10.1 Å². The predicted molar refractivity (Wildman–Crippen MR) is 78.8 cm³/mol. The standard InChI is InChI=1S/C16H20N2O/c1-13(14-7-4-3-5-8-14)11-12-17-15-9-6-10-16(18-15)19-2/h3-10,13H,11-12H2,1-2H3,(H,17,18). The number of hydrogen-bond acceptors (Lipinski definition) is 3. The molecule has 1 heterocycles. The minimum atomic E-state index is 0.541. The fourth-order valence-corrected chi connectivity index (χ4v) is 1.99. The SMILES string of the molecule is COc1cccc(NCCC(C)c2ccccc2)n1. The number of nitrogens with zero attached hydrogens (tertiary/aromatic N) is 1. The Morgan fingerprint density at radius 1 is 1.11 bits per heavy atom. The first-order valence-corrected chi connectivity index (χ1v) is 6.59. The fraction of sp³-hybridized carbons (Fsp3) is 0.312.